The van der Waals surface area contributed by atoms with Gasteiger partial charge in [0.2, 0.25) is 5.91 Å². The molecule has 0 atom stereocenters. The van der Waals surface area contributed by atoms with Crippen molar-refractivity contribution in [2.24, 2.45) is 0 Å². The van der Waals surface area contributed by atoms with Gasteiger partial charge in [0, 0.05) is 27.5 Å². The van der Waals surface area contributed by atoms with Crippen LogP contribution in [0.4, 0.5) is 9.52 Å². The zero-order valence-corrected chi connectivity index (χ0v) is 17.1. The Balaban J connectivity index is 1.54. The summed E-state index contributed by atoms with van der Waals surface area (Å²) in [6, 6.07) is 10.4. The summed E-state index contributed by atoms with van der Waals surface area (Å²) in [5, 5.41) is 5.97. The van der Waals surface area contributed by atoms with Crippen molar-refractivity contribution < 1.29 is 13.9 Å². The normalized spacial score (nSPS) is 11.0. The molecule has 0 saturated carbocycles. The van der Waals surface area contributed by atoms with Gasteiger partial charge in [-0.2, -0.15) is 0 Å². The van der Waals surface area contributed by atoms with Gasteiger partial charge in [-0.15, -0.1) is 11.3 Å². The van der Waals surface area contributed by atoms with Gasteiger partial charge in [-0.1, -0.05) is 11.6 Å². The summed E-state index contributed by atoms with van der Waals surface area (Å²) in [6.45, 7) is 3.89. The maximum atomic E-state index is 13.6. The van der Waals surface area contributed by atoms with E-state index in [4.69, 9.17) is 4.74 Å². The van der Waals surface area contributed by atoms with Crippen LogP contribution in [0.2, 0.25) is 0 Å². The van der Waals surface area contributed by atoms with Gasteiger partial charge in [0.15, 0.2) is 5.13 Å². The molecule has 148 valence electrons. The second-order valence-electron chi connectivity index (χ2n) is 6.89. The number of halogens is 1. The summed E-state index contributed by atoms with van der Waals surface area (Å²) in [5.74, 6) is 0.209. The number of anilines is 1. The predicted octanol–water partition coefficient (Wildman–Crippen LogP) is 5.24. The number of thiazole rings is 1. The summed E-state index contributed by atoms with van der Waals surface area (Å²) >= 11 is 1.35. The van der Waals surface area contributed by atoms with Gasteiger partial charge in [-0.25, -0.2) is 9.37 Å². The minimum atomic E-state index is -0.324. The topological polar surface area (TPSA) is 67.0 Å². The number of fused-ring (bicyclic) bond motifs is 1. The predicted molar refractivity (Wildman–Crippen MR) is 114 cm³/mol. The SMILES string of the molecule is COc1ccc(C)cc1-c1csc(NC(=O)Cc2c(C)[nH]c3ccc(F)cc23)n1. The van der Waals surface area contributed by atoms with Crippen LogP contribution in [0.25, 0.3) is 22.2 Å². The van der Waals surface area contributed by atoms with Crippen molar-refractivity contribution in [2.45, 2.75) is 20.3 Å². The van der Waals surface area contributed by atoms with Crippen LogP contribution in [0.1, 0.15) is 16.8 Å². The number of amides is 1. The van der Waals surface area contributed by atoms with Crippen LogP contribution in [0.3, 0.4) is 0 Å². The smallest absolute Gasteiger partial charge is 0.230 e. The summed E-state index contributed by atoms with van der Waals surface area (Å²) in [6.07, 6.45) is 0.137. The van der Waals surface area contributed by atoms with Crippen molar-refractivity contribution in [2.75, 3.05) is 12.4 Å². The van der Waals surface area contributed by atoms with Crippen molar-refractivity contribution in [1.29, 1.82) is 0 Å². The van der Waals surface area contributed by atoms with E-state index in [9.17, 15) is 9.18 Å². The van der Waals surface area contributed by atoms with Gasteiger partial charge in [-0.05, 0) is 49.7 Å². The van der Waals surface area contributed by atoms with Crippen LogP contribution in [0, 0.1) is 19.7 Å². The number of aromatic nitrogens is 2. The molecule has 0 fully saturated rings. The second-order valence-corrected chi connectivity index (χ2v) is 7.74. The number of benzene rings is 2. The molecule has 29 heavy (non-hydrogen) atoms. The van der Waals surface area contributed by atoms with Crippen molar-refractivity contribution in [1.82, 2.24) is 9.97 Å². The minimum absolute atomic E-state index is 0.137. The Bertz CT molecular complexity index is 1210. The highest BCUT2D eigenvalue weighted by Crippen LogP contribution is 2.33. The fraction of sp³-hybridized carbons (Fsp3) is 0.182. The van der Waals surface area contributed by atoms with E-state index in [0.29, 0.717) is 5.13 Å². The second kappa shape index (κ2) is 7.67. The van der Waals surface area contributed by atoms with Crippen LogP contribution in [-0.2, 0) is 11.2 Å². The molecule has 7 heteroatoms. The van der Waals surface area contributed by atoms with Gasteiger partial charge in [0.05, 0.1) is 19.2 Å². The molecule has 0 radical (unpaired) electrons. The quantitative estimate of drug-likeness (QED) is 0.474. The number of hydrogen-bond donors (Lipinski definition) is 2. The van der Waals surface area contributed by atoms with Crippen LogP contribution in [-0.4, -0.2) is 23.0 Å². The molecule has 2 heterocycles. The number of nitrogens with zero attached hydrogens (tertiary/aromatic N) is 1. The molecule has 0 aliphatic rings. The van der Waals surface area contributed by atoms with E-state index in [1.807, 2.05) is 37.4 Å². The molecule has 0 unspecified atom stereocenters. The molecule has 2 aromatic heterocycles. The lowest BCUT2D eigenvalue weighted by atomic mass is 10.1. The van der Waals surface area contributed by atoms with Gasteiger partial charge in [0.25, 0.3) is 0 Å². The summed E-state index contributed by atoms with van der Waals surface area (Å²) in [4.78, 5) is 20.3. The maximum absolute atomic E-state index is 13.6. The molecular weight excluding hydrogens is 389 g/mol. The number of rotatable bonds is 5. The van der Waals surface area contributed by atoms with Crippen LogP contribution in [0.15, 0.2) is 41.8 Å². The monoisotopic (exact) mass is 409 g/mol. The van der Waals surface area contributed by atoms with E-state index in [1.165, 1.54) is 23.5 Å². The fourth-order valence-corrected chi connectivity index (χ4v) is 4.11. The van der Waals surface area contributed by atoms with Crippen molar-refractivity contribution in [3.05, 3.63) is 64.4 Å². The largest absolute Gasteiger partial charge is 0.496 e. The number of hydrogen-bond acceptors (Lipinski definition) is 4. The third kappa shape index (κ3) is 3.86. The zero-order valence-electron chi connectivity index (χ0n) is 16.3. The Labute approximate surface area is 171 Å². The number of nitrogens with one attached hydrogen (secondary N) is 2. The van der Waals surface area contributed by atoms with Crippen molar-refractivity contribution >= 4 is 33.3 Å². The first-order chi connectivity index (χ1) is 13.9. The standard InChI is InChI=1S/C22H20FN3O2S/c1-12-4-7-20(28-3)17(8-12)19-11-29-22(25-19)26-21(27)10-15-13(2)24-18-6-5-14(23)9-16(15)18/h4-9,11,24H,10H2,1-3H3,(H,25,26,27). The first-order valence-electron chi connectivity index (χ1n) is 9.11. The number of H-pyrrole nitrogens is 1. The highest BCUT2D eigenvalue weighted by Gasteiger charge is 2.16. The first kappa shape index (κ1) is 19.1. The van der Waals surface area contributed by atoms with Gasteiger partial charge < -0.3 is 15.0 Å². The number of aromatic amines is 1. The van der Waals surface area contributed by atoms with Gasteiger partial charge in [-0.3, -0.25) is 4.79 Å². The molecule has 0 spiro atoms. The number of carbonyl (C=O) groups excluding carboxylic acids is 1. The van der Waals surface area contributed by atoms with E-state index in [1.54, 1.807) is 13.2 Å². The Kier molecular flexibility index (Phi) is 5.07. The Morgan fingerprint density at radius 3 is 2.86 bits per heavy atom. The summed E-state index contributed by atoms with van der Waals surface area (Å²) < 4.78 is 19.1. The van der Waals surface area contributed by atoms with E-state index >= 15 is 0 Å². The Hall–Kier alpha value is -3.19. The third-order valence-corrected chi connectivity index (χ3v) is 5.56. The summed E-state index contributed by atoms with van der Waals surface area (Å²) in [5.41, 5.74) is 5.18. The van der Waals surface area contributed by atoms with Gasteiger partial charge in [0.1, 0.15) is 11.6 Å². The number of carbonyl (C=O) groups is 1. The highest BCUT2D eigenvalue weighted by atomic mass is 32.1. The van der Waals surface area contributed by atoms with Crippen LogP contribution in [0.5, 0.6) is 5.75 Å². The zero-order chi connectivity index (χ0) is 20.5. The lowest BCUT2D eigenvalue weighted by Crippen LogP contribution is -2.14. The van der Waals surface area contributed by atoms with Crippen LogP contribution >= 0.6 is 11.3 Å². The van der Waals surface area contributed by atoms with Crippen molar-refractivity contribution in [3.63, 3.8) is 0 Å². The number of aryl methyl sites for hydroxylation is 2. The van der Waals surface area contributed by atoms with Crippen molar-refractivity contribution in [3.8, 4) is 17.0 Å². The Morgan fingerprint density at radius 2 is 2.07 bits per heavy atom. The van der Waals surface area contributed by atoms with E-state index in [0.717, 1.165) is 44.7 Å². The number of ether oxygens (including phenoxy) is 1. The summed E-state index contributed by atoms with van der Waals surface area (Å²) in [7, 11) is 1.62. The molecule has 2 aromatic carbocycles. The van der Waals surface area contributed by atoms with E-state index < -0.39 is 0 Å². The minimum Gasteiger partial charge on any atom is -0.496 e. The molecule has 4 aromatic rings. The lowest BCUT2D eigenvalue weighted by Gasteiger charge is -2.07. The average molecular weight is 409 g/mol. The molecule has 0 saturated heterocycles. The average Bonchev–Trinajstić information content (AvgIpc) is 3.26. The molecule has 2 N–H and O–H groups in total. The molecule has 0 aliphatic heterocycles. The van der Waals surface area contributed by atoms with E-state index in [-0.39, 0.29) is 18.1 Å². The fourth-order valence-electron chi connectivity index (χ4n) is 3.38. The Morgan fingerprint density at radius 1 is 1.24 bits per heavy atom. The van der Waals surface area contributed by atoms with E-state index in [2.05, 4.69) is 15.3 Å². The number of methoxy groups -OCH3 is 1. The van der Waals surface area contributed by atoms with Crippen LogP contribution < -0.4 is 10.1 Å². The molecule has 4 rings (SSSR count). The first-order valence-corrected chi connectivity index (χ1v) is 9.99. The molecule has 0 aliphatic carbocycles. The molecular formula is C22H20FN3O2S. The highest BCUT2D eigenvalue weighted by molar-refractivity contribution is 7.14. The maximum Gasteiger partial charge on any atom is 0.230 e. The molecule has 1 amide bonds. The van der Waals surface area contributed by atoms with Gasteiger partial charge >= 0.3 is 0 Å². The molecule has 0 bridgehead atoms. The third-order valence-electron chi connectivity index (χ3n) is 4.80. The lowest BCUT2D eigenvalue weighted by molar-refractivity contribution is -0.115. The molecule has 5 nitrogen and oxygen atoms in total.